The summed E-state index contributed by atoms with van der Waals surface area (Å²) in [4.78, 5) is 39.3. The number of aryl methyl sites for hydroxylation is 2. The van der Waals surface area contributed by atoms with Crippen LogP contribution in [0.5, 0.6) is 11.5 Å². The molecule has 4 atom stereocenters. The number of hydrogen-bond acceptors (Lipinski definition) is 5. The molecule has 6 heteroatoms. The van der Waals surface area contributed by atoms with Crippen LogP contribution in [0.3, 0.4) is 0 Å². The zero-order valence-electron chi connectivity index (χ0n) is 17.7. The van der Waals surface area contributed by atoms with Gasteiger partial charge in [-0.1, -0.05) is 6.07 Å². The van der Waals surface area contributed by atoms with Crippen molar-refractivity contribution >= 4 is 23.5 Å². The molecular weight excluding hydrogens is 394 g/mol. The Labute approximate surface area is 181 Å². The summed E-state index contributed by atoms with van der Waals surface area (Å²) in [5, 5.41) is 0. The summed E-state index contributed by atoms with van der Waals surface area (Å²) in [6.07, 6.45) is 3.12. The first-order valence-corrected chi connectivity index (χ1v) is 10.8. The number of amides is 2. The standard InChI is InChI=1S/C25H25NO5/c1-14-3-8-20(11-15(14)2)30-13-21(27)31-19-9-6-18(7-10-19)26-24(28)22-16-4-5-17(12-16)23(22)25(26)29/h3,6-11,16-17,22-23H,4-5,12-13H2,1-2H3/t16-,17-,22+,23+/m0/s1. The molecule has 1 saturated heterocycles. The third-order valence-corrected chi connectivity index (χ3v) is 7.09. The quantitative estimate of drug-likeness (QED) is 0.418. The number of hydrogen-bond donors (Lipinski definition) is 0. The van der Waals surface area contributed by atoms with Gasteiger partial charge >= 0.3 is 5.97 Å². The van der Waals surface area contributed by atoms with E-state index >= 15 is 0 Å². The van der Waals surface area contributed by atoms with E-state index in [1.807, 2.05) is 32.0 Å². The Balaban J connectivity index is 1.21. The first-order valence-electron chi connectivity index (χ1n) is 10.8. The van der Waals surface area contributed by atoms with Gasteiger partial charge in [0.05, 0.1) is 17.5 Å². The van der Waals surface area contributed by atoms with Gasteiger partial charge in [-0.05, 0) is 92.5 Å². The highest BCUT2D eigenvalue weighted by molar-refractivity contribution is 6.22. The van der Waals surface area contributed by atoms with E-state index in [1.165, 1.54) is 4.90 Å². The zero-order valence-corrected chi connectivity index (χ0v) is 17.7. The van der Waals surface area contributed by atoms with E-state index < -0.39 is 5.97 Å². The summed E-state index contributed by atoms with van der Waals surface area (Å²) in [6.45, 7) is 3.78. The van der Waals surface area contributed by atoms with Crippen LogP contribution < -0.4 is 14.4 Å². The maximum absolute atomic E-state index is 12.9. The summed E-state index contributed by atoms with van der Waals surface area (Å²) in [6, 6.07) is 12.2. The third kappa shape index (κ3) is 3.40. The lowest BCUT2D eigenvalue weighted by Crippen LogP contribution is -2.32. The molecule has 5 rings (SSSR count). The molecule has 0 N–H and O–H groups in total. The zero-order chi connectivity index (χ0) is 21.7. The van der Waals surface area contributed by atoms with Crippen molar-refractivity contribution in [2.75, 3.05) is 11.5 Å². The number of benzene rings is 2. The second kappa shape index (κ2) is 7.52. The van der Waals surface area contributed by atoms with Gasteiger partial charge in [0.15, 0.2) is 6.61 Å². The predicted molar refractivity (Wildman–Crippen MR) is 114 cm³/mol. The topological polar surface area (TPSA) is 72.9 Å². The Kier molecular flexibility index (Phi) is 4.80. The van der Waals surface area contributed by atoms with Crippen molar-refractivity contribution in [1.82, 2.24) is 0 Å². The van der Waals surface area contributed by atoms with Crippen LogP contribution in [0.25, 0.3) is 0 Å². The smallest absolute Gasteiger partial charge is 0.349 e. The number of nitrogens with zero attached hydrogens (tertiary/aromatic N) is 1. The van der Waals surface area contributed by atoms with Crippen molar-refractivity contribution in [1.29, 1.82) is 0 Å². The van der Waals surface area contributed by atoms with E-state index in [0.29, 0.717) is 29.0 Å². The first-order chi connectivity index (χ1) is 14.9. The molecule has 1 aliphatic heterocycles. The fourth-order valence-corrected chi connectivity index (χ4v) is 5.43. The van der Waals surface area contributed by atoms with Crippen LogP contribution in [0.4, 0.5) is 5.69 Å². The molecule has 0 spiro atoms. The van der Waals surface area contributed by atoms with Crippen molar-refractivity contribution in [3.8, 4) is 11.5 Å². The van der Waals surface area contributed by atoms with Gasteiger partial charge in [0.1, 0.15) is 11.5 Å². The maximum atomic E-state index is 12.9. The van der Waals surface area contributed by atoms with E-state index in [1.54, 1.807) is 24.3 Å². The molecule has 0 aromatic heterocycles. The van der Waals surface area contributed by atoms with Crippen LogP contribution in [0, 0.1) is 37.5 Å². The number of fused-ring (bicyclic) bond motifs is 5. The normalized spacial score (nSPS) is 26.3. The molecule has 3 fully saturated rings. The van der Waals surface area contributed by atoms with Crippen molar-refractivity contribution in [2.24, 2.45) is 23.7 Å². The molecule has 160 valence electrons. The van der Waals surface area contributed by atoms with E-state index in [2.05, 4.69) is 0 Å². The van der Waals surface area contributed by atoms with Gasteiger partial charge in [-0.3, -0.25) is 14.5 Å². The molecule has 0 unspecified atom stereocenters. The number of anilines is 1. The largest absolute Gasteiger partial charge is 0.482 e. The van der Waals surface area contributed by atoms with Crippen LogP contribution in [0.1, 0.15) is 30.4 Å². The summed E-state index contributed by atoms with van der Waals surface area (Å²) in [5.41, 5.74) is 2.78. The summed E-state index contributed by atoms with van der Waals surface area (Å²) < 4.78 is 10.8. The minimum absolute atomic E-state index is 0.0752. The minimum Gasteiger partial charge on any atom is -0.482 e. The predicted octanol–water partition coefficient (Wildman–Crippen LogP) is 3.82. The molecule has 31 heavy (non-hydrogen) atoms. The molecule has 3 aliphatic rings. The number of carbonyl (C=O) groups is 3. The van der Waals surface area contributed by atoms with E-state index in [-0.39, 0.29) is 30.3 Å². The summed E-state index contributed by atoms with van der Waals surface area (Å²) >= 11 is 0. The second-order valence-electron chi connectivity index (χ2n) is 8.90. The number of esters is 1. The van der Waals surface area contributed by atoms with Gasteiger partial charge in [0.2, 0.25) is 11.8 Å². The monoisotopic (exact) mass is 419 g/mol. The lowest BCUT2D eigenvalue weighted by atomic mass is 9.81. The van der Waals surface area contributed by atoms with Crippen LogP contribution in [0.2, 0.25) is 0 Å². The highest BCUT2D eigenvalue weighted by atomic mass is 16.6. The average molecular weight is 419 g/mol. The second-order valence-corrected chi connectivity index (χ2v) is 8.90. The molecule has 0 radical (unpaired) electrons. The molecule has 1 heterocycles. The van der Waals surface area contributed by atoms with Gasteiger partial charge in [0, 0.05) is 0 Å². The van der Waals surface area contributed by atoms with Crippen molar-refractivity contribution in [3.05, 3.63) is 53.6 Å². The highest BCUT2D eigenvalue weighted by Crippen LogP contribution is 2.56. The first kappa shape index (κ1) is 19.8. The molecule has 6 nitrogen and oxygen atoms in total. The summed E-state index contributed by atoms with van der Waals surface area (Å²) in [5.74, 6) is 0.700. The Hall–Kier alpha value is -3.15. The number of imide groups is 1. The Bertz CT molecular complexity index is 1030. The fourth-order valence-electron chi connectivity index (χ4n) is 5.43. The molecule has 2 saturated carbocycles. The Morgan fingerprint density at radius 3 is 2.13 bits per heavy atom. The third-order valence-electron chi connectivity index (χ3n) is 7.09. The SMILES string of the molecule is Cc1ccc(OCC(=O)Oc2ccc(N3C(=O)[C@@H]4[C@H]5CC[C@@H](C5)[C@H]4C3=O)cc2)cc1C. The van der Waals surface area contributed by atoms with Crippen molar-refractivity contribution in [3.63, 3.8) is 0 Å². The number of carbonyl (C=O) groups excluding carboxylic acids is 3. The lowest BCUT2D eigenvalue weighted by Gasteiger charge is -2.19. The van der Waals surface area contributed by atoms with Crippen molar-refractivity contribution in [2.45, 2.75) is 33.1 Å². The Morgan fingerprint density at radius 1 is 0.903 bits per heavy atom. The van der Waals surface area contributed by atoms with Crippen molar-refractivity contribution < 1.29 is 23.9 Å². The molecule has 2 amide bonds. The number of ether oxygens (including phenoxy) is 2. The molecule has 2 aromatic rings. The van der Waals surface area contributed by atoms with E-state index in [9.17, 15) is 14.4 Å². The highest BCUT2D eigenvalue weighted by Gasteiger charge is 2.61. The Morgan fingerprint density at radius 2 is 1.52 bits per heavy atom. The van der Waals surface area contributed by atoms with Gasteiger partial charge in [-0.25, -0.2) is 4.79 Å². The minimum atomic E-state index is -0.523. The number of rotatable bonds is 5. The lowest BCUT2D eigenvalue weighted by molar-refractivity contribution is -0.136. The van der Waals surface area contributed by atoms with Crippen LogP contribution >= 0.6 is 0 Å². The van der Waals surface area contributed by atoms with Gasteiger partial charge < -0.3 is 9.47 Å². The molecular formula is C25H25NO5. The average Bonchev–Trinajstić information content (AvgIpc) is 3.44. The van der Waals surface area contributed by atoms with Gasteiger partial charge in [-0.2, -0.15) is 0 Å². The van der Waals surface area contributed by atoms with Crippen LogP contribution in [0.15, 0.2) is 42.5 Å². The molecule has 2 bridgehead atoms. The van der Waals surface area contributed by atoms with Gasteiger partial charge in [-0.15, -0.1) is 0 Å². The van der Waals surface area contributed by atoms with Crippen LogP contribution in [-0.4, -0.2) is 24.4 Å². The van der Waals surface area contributed by atoms with Gasteiger partial charge in [0.25, 0.3) is 0 Å². The van der Waals surface area contributed by atoms with Crippen LogP contribution in [-0.2, 0) is 14.4 Å². The fraction of sp³-hybridized carbons (Fsp3) is 0.400. The summed E-state index contributed by atoms with van der Waals surface area (Å²) in [7, 11) is 0. The van der Waals surface area contributed by atoms with E-state index in [4.69, 9.17) is 9.47 Å². The molecule has 2 aromatic carbocycles. The molecule has 2 aliphatic carbocycles. The maximum Gasteiger partial charge on any atom is 0.349 e. The van der Waals surface area contributed by atoms with E-state index in [0.717, 1.165) is 30.4 Å².